The molecule has 0 unspecified atom stereocenters. The predicted octanol–water partition coefficient (Wildman–Crippen LogP) is 4.23. The van der Waals surface area contributed by atoms with Gasteiger partial charge in [0.2, 0.25) is 11.7 Å². The van der Waals surface area contributed by atoms with Crippen LogP contribution in [0.5, 0.6) is 0 Å². The van der Waals surface area contributed by atoms with Gasteiger partial charge in [0.05, 0.1) is 0 Å². The average Bonchev–Trinajstić information content (AvgIpc) is 3.19. The molecule has 1 N–H and O–H groups in total. The molecular weight excluding hydrogens is 414 g/mol. The van der Waals surface area contributed by atoms with E-state index < -0.39 is 10.0 Å². The lowest BCUT2D eigenvalue weighted by atomic mass is 10.2. The van der Waals surface area contributed by atoms with Gasteiger partial charge in [-0.05, 0) is 36.8 Å². The number of hydrogen-bond donors (Lipinski definition) is 1. The van der Waals surface area contributed by atoms with Crippen LogP contribution < -0.4 is 4.72 Å². The minimum Gasteiger partial charge on any atom is -0.339 e. The van der Waals surface area contributed by atoms with Crippen LogP contribution in [-0.2, 0) is 16.4 Å². The zero-order chi connectivity index (χ0) is 17.3. The van der Waals surface area contributed by atoms with Crippen molar-refractivity contribution in [2.24, 2.45) is 0 Å². The van der Waals surface area contributed by atoms with E-state index in [2.05, 4.69) is 30.8 Å². The van der Waals surface area contributed by atoms with Crippen LogP contribution in [-0.4, -0.2) is 18.6 Å². The summed E-state index contributed by atoms with van der Waals surface area (Å²) in [5.41, 5.74) is 2.08. The topological polar surface area (TPSA) is 85.1 Å². The molecule has 2 aromatic heterocycles. The molecule has 0 radical (unpaired) electrons. The second kappa shape index (κ2) is 6.66. The Morgan fingerprint density at radius 3 is 2.79 bits per heavy atom. The molecule has 2 heterocycles. The van der Waals surface area contributed by atoms with E-state index in [-0.39, 0.29) is 4.21 Å². The number of thiophene rings is 1. The summed E-state index contributed by atoms with van der Waals surface area (Å²) in [6.07, 6.45) is 0.632. The number of nitrogens with one attached hydrogen (secondary N) is 1. The lowest BCUT2D eigenvalue weighted by Gasteiger charge is -2.07. The largest absolute Gasteiger partial charge is 0.339 e. The van der Waals surface area contributed by atoms with E-state index >= 15 is 0 Å². The van der Waals surface area contributed by atoms with Gasteiger partial charge in [-0.2, -0.15) is 4.98 Å². The standard InChI is InChI=1S/C15H14BrN3O3S2/c1-3-13-17-15(18-22-13)10-7-14(23-8-10)24(20,21)19-11-4-5-12(16)9(2)6-11/h4-8,19H,3H2,1-2H3. The minimum atomic E-state index is -3.66. The Labute approximate surface area is 152 Å². The van der Waals surface area contributed by atoms with Crippen LogP contribution in [0.2, 0.25) is 0 Å². The van der Waals surface area contributed by atoms with Gasteiger partial charge in [0.25, 0.3) is 10.0 Å². The van der Waals surface area contributed by atoms with Crippen molar-refractivity contribution in [3.63, 3.8) is 0 Å². The van der Waals surface area contributed by atoms with E-state index in [4.69, 9.17) is 4.52 Å². The number of benzene rings is 1. The fraction of sp³-hybridized carbons (Fsp3) is 0.200. The first kappa shape index (κ1) is 17.1. The molecule has 0 amide bonds. The molecule has 0 saturated carbocycles. The first-order chi connectivity index (χ1) is 11.4. The Morgan fingerprint density at radius 1 is 1.33 bits per heavy atom. The highest BCUT2D eigenvalue weighted by molar-refractivity contribution is 9.10. The summed E-state index contributed by atoms with van der Waals surface area (Å²) >= 11 is 4.51. The van der Waals surface area contributed by atoms with Gasteiger partial charge in [-0.1, -0.05) is 28.0 Å². The Hall–Kier alpha value is -1.71. The van der Waals surface area contributed by atoms with Gasteiger partial charge in [0.1, 0.15) is 4.21 Å². The first-order valence-electron chi connectivity index (χ1n) is 7.09. The third kappa shape index (κ3) is 3.52. The lowest BCUT2D eigenvalue weighted by molar-refractivity contribution is 0.383. The van der Waals surface area contributed by atoms with Crippen LogP contribution in [0.25, 0.3) is 11.4 Å². The molecule has 0 atom stereocenters. The molecular formula is C15H14BrN3O3S2. The Morgan fingerprint density at radius 2 is 2.12 bits per heavy atom. The molecule has 6 nitrogen and oxygen atoms in total. The molecule has 0 saturated heterocycles. The maximum atomic E-state index is 12.5. The van der Waals surface area contributed by atoms with Crippen LogP contribution in [0.4, 0.5) is 5.69 Å². The molecule has 0 aliphatic heterocycles. The highest BCUT2D eigenvalue weighted by atomic mass is 79.9. The second-order valence-corrected chi connectivity index (χ2v) is 8.76. The van der Waals surface area contributed by atoms with Crippen molar-refractivity contribution in [2.45, 2.75) is 24.5 Å². The van der Waals surface area contributed by atoms with Crippen molar-refractivity contribution in [1.29, 1.82) is 0 Å². The molecule has 1 aromatic carbocycles. The third-order valence-electron chi connectivity index (χ3n) is 3.28. The summed E-state index contributed by atoms with van der Waals surface area (Å²) in [5.74, 6) is 0.910. The maximum Gasteiger partial charge on any atom is 0.271 e. The number of anilines is 1. The molecule has 9 heteroatoms. The monoisotopic (exact) mass is 427 g/mol. The summed E-state index contributed by atoms with van der Waals surface area (Å²) in [4.78, 5) is 4.21. The van der Waals surface area contributed by atoms with Crippen LogP contribution in [0.1, 0.15) is 18.4 Å². The van der Waals surface area contributed by atoms with Gasteiger partial charge in [0.15, 0.2) is 0 Å². The van der Waals surface area contributed by atoms with E-state index in [9.17, 15) is 8.42 Å². The van der Waals surface area contributed by atoms with Crippen molar-refractivity contribution in [1.82, 2.24) is 10.1 Å². The zero-order valence-electron chi connectivity index (χ0n) is 12.9. The van der Waals surface area contributed by atoms with Gasteiger partial charge in [-0.15, -0.1) is 11.3 Å². The summed E-state index contributed by atoms with van der Waals surface area (Å²) in [6.45, 7) is 3.80. The number of aryl methyl sites for hydroxylation is 2. The Bertz CT molecular complexity index is 980. The summed E-state index contributed by atoms with van der Waals surface area (Å²) in [7, 11) is -3.66. The smallest absolute Gasteiger partial charge is 0.271 e. The van der Waals surface area contributed by atoms with Crippen molar-refractivity contribution in [2.75, 3.05) is 4.72 Å². The van der Waals surface area contributed by atoms with Gasteiger partial charge in [0, 0.05) is 27.5 Å². The molecule has 0 aliphatic carbocycles. The van der Waals surface area contributed by atoms with Crippen molar-refractivity contribution >= 4 is 43.0 Å². The quantitative estimate of drug-likeness (QED) is 0.658. The molecule has 0 aliphatic rings. The van der Waals surface area contributed by atoms with Crippen LogP contribution in [0.3, 0.4) is 0 Å². The minimum absolute atomic E-state index is 0.195. The van der Waals surface area contributed by atoms with Gasteiger partial charge in [-0.25, -0.2) is 8.42 Å². The highest BCUT2D eigenvalue weighted by Crippen LogP contribution is 2.29. The third-order valence-corrected chi connectivity index (χ3v) is 6.99. The van der Waals surface area contributed by atoms with E-state index in [0.29, 0.717) is 29.4 Å². The molecule has 126 valence electrons. The molecule has 0 bridgehead atoms. The predicted molar refractivity (Wildman–Crippen MR) is 96.7 cm³/mol. The molecule has 3 rings (SSSR count). The van der Waals surface area contributed by atoms with Crippen molar-refractivity contribution in [3.05, 3.63) is 45.6 Å². The SMILES string of the molecule is CCc1nc(-c2csc(S(=O)(=O)Nc3ccc(Br)c(C)c3)c2)no1. The number of sulfonamides is 1. The number of rotatable bonds is 5. The van der Waals surface area contributed by atoms with Crippen molar-refractivity contribution in [3.8, 4) is 11.4 Å². The van der Waals surface area contributed by atoms with Crippen LogP contribution in [0, 0.1) is 6.92 Å². The number of hydrogen-bond acceptors (Lipinski definition) is 6. The van der Waals surface area contributed by atoms with Crippen LogP contribution in [0.15, 0.2) is 42.9 Å². The van der Waals surface area contributed by atoms with E-state index in [1.165, 1.54) is 0 Å². The number of halogens is 1. The van der Waals surface area contributed by atoms with E-state index in [1.54, 1.807) is 29.6 Å². The van der Waals surface area contributed by atoms with E-state index in [0.717, 1.165) is 21.4 Å². The van der Waals surface area contributed by atoms with Gasteiger partial charge >= 0.3 is 0 Å². The maximum absolute atomic E-state index is 12.5. The molecule has 0 spiro atoms. The normalized spacial score (nSPS) is 11.6. The average molecular weight is 428 g/mol. The molecule has 24 heavy (non-hydrogen) atoms. The fourth-order valence-electron chi connectivity index (χ4n) is 2.00. The Kier molecular flexibility index (Phi) is 4.75. The van der Waals surface area contributed by atoms with Crippen LogP contribution >= 0.6 is 27.3 Å². The zero-order valence-corrected chi connectivity index (χ0v) is 16.1. The highest BCUT2D eigenvalue weighted by Gasteiger charge is 2.19. The van der Waals surface area contributed by atoms with Gasteiger partial charge in [-0.3, -0.25) is 4.72 Å². The number of nitrogens with zero attached hydrogens (tertiary/aromatic N) is 2. The number of aromatic nitrogens is 2. The molecule has 3 aromatic rings. The summed E-state index contributed by atoms with van der Waals surface area (Å²) in [5, 5.41) is 5.56. The second-order valence-electron chi connectivity index (χ2n) is 5.09. The van der Waals surface area contributed by atoms with Crippen molar-refractivity contribution < 1.29 is 12.9 Å². The van der Waals surface area contributed by atoms with E-state index in [1.807, 2.05) is 13.8 Å². The first-order valence-corrected chi connectivity index (χ1v) is 10.2. The summed E-state index contributed by atoms with van der Waals surface area (Å²) < 4.78 is 33.8. The lowest BCUT2D eigenvalue weighted by Crippen LogP contribution is -2.11. The summed E-state index contributed by atoms with van der Waals surface area (Å²) in [6, 6.07) is 6.82. The molecule has 0 fully saturated rings. The fourth-order valence-corrected chi connectivity index (χ4v) is 4.46. The Balaban J connectivity index is 1.86. The van der Waals surface area contributed by atoms with Gasteiger partial charge < -0.3 is 4.52 Å².